The minimum atomic E-state index is -0.790. The second-order valence-electron chi connectivity index (χ2n) is 4.69. The van der Waals surface area contributed by atoms with E-state index >= 15 is 0 Å². The van der Waals surface area contributed by atoms with Crippen molar-refractivity contribution in [3.63, 3.8) is 0 Å². The molecule has 0 aliphatic heterocycles. The van der Waals surface area contributed by atoms with Gasteiger partial charge in [-0.3, -0.25) is 4.79 Å². The predicted molar refractivity (Wildman–Crippen MR) is 76.0 cm³/mol. The molecular formula is C14H17N3O3. The fourth-order valence-electron chi connectivity index (χ4n) is 2.41. The van der Waals surface area contributed by atoms with E-state index in [0.29, 0.717) is 18.4 Å². The highest BCUT2D eigenvalue weighted by Gasteiger charge is 2.12. The molecule has 0 fully saturated rings. The van der Waals surface area contributed by atoms with Gasteiger partial charge in [-0.1, -0.05) is 17.3 Å². The van der Waals surface area contributed by atoms with Gasteiger partial charge in [0.05, 0.1) is 5.52 Å². The first-order chi connectivity index (χ1) is 9.54. The van der Waals surface area contributed by atoms with E-state index in [1.54, 1.807) is 6.07 Å². The largest absolute Gasteiger partial charge is 0.481 e. The lowest BCUT2D eigenvalue weighted by Gasteiger charge is -2.09. The number of benzene rings is 1. The van der Waals surface area contributed by atoms with Crippen LogP contribution in [0, 0.1) is 0 Å². The van der Waals surface area contributed by atoms with E-state index in [1.165, 1.54) is 0 Å². The Labute approximate surface area is 116 Å². The minimum Gasteiger partial charge on any atom is -0.481 e. The molecule has 0 atom stereocenters. The molecule has 0 amide bonds. The number of aliphatic carboxylic acids is 1. The predicted octanol–water partition coefficient (Wildman–Crippen LogP) is 1.68. The third-order valence-electron chi connectivity index (χ3n) is 3.34. The normalized spacial score (nSPS) is 11.9. The van der Waals surface area contributed by atoms with Crippen molar-refractivity contribution in [2.24, 2.45) is 17.9 Å². The smallest absolute Gasteiger partial charge is 0.303 e. The summed E-state index contributed by atoms with van der Waals surface area (Å²) in [6.45, 7) is 0. The molecule has 106 valence electrons. The highest BCUT2D eigenvalue weighted by atomic mass is 16.4. The van der Waals surface area contributed by atoms with Crippen molar-refractivity contribution in [3.8, 4) is 0 Å². The molecule has 6 nitrogen and oxygen atoms in total. The zero-order valence-corrected chi connectivity index (χ0v) is 11.2. The highest BCUT2D eigenvalue weighted by molar-refractivity contribution is 6.09. The number of aryl methyl sites for hydroxylation is 2. The van der Waals surface area contributed by atoms with Crippen LogP contribution in [-0.4, -0.2) is 26.7 Å². The zero-order chi connectivity index (χ0) is 14.7. The maximum atomic E-state index is 10.6. The van der Waals surface area contributed by atoms with Crippen LogP contribution in [0.15, 0.2) is 29.6 Å². The number of oxime groups is 1. The molecule has 20 heavy (non-hydrogen) atoms. The number of amidine groups is 1. The van der Waals surface area contributed by atoms with Gasteiger partial charge in [-0.05, 0) is 24.5 Å². The number of hydrogen-bond acceptors (Lipinski definition) is 3. The van der Waals surface area contributed by atoms with E-state index in [1.807, 2.05) is 29.9 Å². The van der Waals surface area contributed by atoms with Crippen LogP contribution in [0.25, 0.3) is 10.9 Å². The van der Waals surface area contributed by atoms with Crippen molar-refractivity contribution in [3.05, 3.63) is 35.5 Å². The first-order valence-electron chi connectivity index (χ1n) is 6.31. The average Bonchev–Trinajstić information content (AvgIpc) is 2.80. The number of carbonyl (C=O) groups is 1. The molecule has 0 saturated heterocycles. The van der Waals surface area contributed by atoms with Crippen LogP contribution < -0.4 is 5.73 Å². The fourth-order valence-corrected chi connectivity index (χ4v) is 2.41. The lowest BCUT2D eigenvalue weighted by molar-refractivity contribution is -0.137. The lowest BCUT2D eigenvalue weighted by Crippen LogP contribution is -2.13. The van der Waals surface area contributed by atoms with Gasteiger partial charge in [-0.25, -0.2) is 0 Å². The average molecular weight is 275 g/mol. The second kappa shape index (κ2) is 5.64. The Bertz CT molecular complexity index is 674. The molecule has 0 spiro atoms. The second-order valence-corrected chi connectivity index (χ2v) is 4.69. The van der Waals surface area contributed by atoms with Crippen molar-refractivity contribution in [1.29, 1.82) is 0 Å². The summed E-state index contributed by atoms with van der Waals surface area (Å²) in [5.74, 6) is -0.723. The molecular weight excluding hydrogens is 258 g/mol. The summed E-state index contributed by atoms with van der Waals surface area (Å²) in [5.41, 5.74) is 8.39. The number of carboxylic acid groups (broad SMARTS) is 1. The van der Waals surface area contributed by atoms with Gasteiger partial charge in [0.25, 0.3) is 0 Å². The maximum absolute atomic E-state index is 10.6. The van der Waals surface area contributed by atoms with Gasteiger partial charge < -0.3 is 20.6 Å². The summed E-state index contributed by atoms with van der Waals surface area (Å²) in [6.07, 6.45) is 3.31. The van der Waals surface area contributed by atoms with E-state index in [0.717, 1.165) is 16.5 Å². The summed E-state index contributed by atoms with van der Waals surface area (Å²) in [6, 6.07) is 5.61. The van der Waals surface area contributed by atoms with E-state index in [4.69, 9.17) is 16.0 Å². The topological polar surface area (TPSA) is 101 Å². The van der Waals surface area contributed by atoms with Crippen LogP contribution in [0.2, 0.25) is 0 Å². The van der Waals surface area contributed by atoms with Crippen molar-refractivity contribution in [2.45, 2.75) is 19.3 Å². The van der Waals surface area contributed by atoms with Crippen LogP contribution in [-0.2, 0) is 18.3 Å². The molecule has 1 heterocycles. The van der Waals surface area contributed by atoms with Crippen LogP contribution in [0.1, 0.15) is 24.0 Å². The van der Waals surface area contributed by atoms with Gasteiger partial charge in [-0.15, -0.1) is 0 Å². The molecule has 0 saturated carbocycles. The minimum absolute atomic E-state index is 0.0679. The first-order valence-corrected chi connectivity index (χ1v) is 6.31. The maximum Gasteiger partial charge on any atom is 0.303 e. The van der Waals surface area contributed by atoms with Crippen molar-refractivity contribution < 1.29 is 15.1 Å². The Morgan fingerprint density at radius 3 is 2.80 bits per heavy atom. The third kappa shape index (κ3) is 2.59. The summed E-state index contributed by atoms with van der Waals surface area (Å²) in [7, 11) is 1.92. The van der Waals surface area contributed by atoms with Gasteiger partial charge >= 0.3 is 5.97 Å². The lowest BCUT2D eigenvalue weighted by atomic mass is 10.0. The number of nitrogens with two attached hydrogens (primary N) is 1. The first kappa shape index (κ1) is 13.9. The van der Waals surface area contributed by atoms with Crippen LogP contribution in [0.3, 0.4) is 0 Å². The number of nitrogens with zero attached hydrogens (tertiary/aromatic N) is 2. The van der Waals surface area contributed by atoms with Crippen LogP contribution >= 0.6 is 0 Å². The molecule has 6 heteroatoms. The highest BCUT2D eigenvalue weighted by Crippen LogP contribution is 2.25. The SMILES string of the molecule is Cn1ccc2c(C(N)=NO)ccc(CCCC(=O)O)c21. The van der Waals surface area contributed by atoms with Crippen LogP contribution in [0.5, 0.6) is 0 Å². The monoisotopic (exact) mass is 275 g/mol. The van der Waals surface area contributed by atoms with Crippen molar-refractivity contribution in [1.82, 2.24) is 4.57 Å². The summed E-state index contributed by atoms with van der Waals surface area (Å²) in [4.78, 5) is 10.6. The van der Waals surface area contributed by atoms with Crippen molar-refractivity contribution in [2.75, 3.05) is 0 Å². The van der Waals surface area contributed by atoms with Gasteiger partial charge in [0.2, 0.25) is 0 Å². The molecule has 0 aliphatic carbocycles. The van der Waals surface area contributed by atoms with E-state index in [-0.39, 0.29) is 12.3 Å². The molecule has 2 rings (SSSR count). The standard InChI is InChI=1S/C14H17N3O3/c1-17-8-7-10-11(14(15)16-20)6-5-9(13(10)17)3-2-4-12(18)19/h5-8,20H,2-4H2,1H3,(H2,15,16)(H,18,19). The van der Waals surface area contributed by atoms with Crippen LogP contribution in [0.4, 0.5) is 0 Å². The Kier molecular flexibility index (Phi) is 3.93. The summed E-state index contributed by atoms with van der Waals surface area (Å²) >= 11 is 0. The van der Waals surface area contributed by atoms with E-state index in [2.05, 4.69) is 5.16 Å². The zero-order valence-electron chi connectivity index (χ0n) is 11.2. The van der Waals surface area contributed by atoms with Gasteiger partial charge in [0.15, 0.2) is 5.84 Å². The quantitative estimate of drug-likeness (QED) is 0.334. The van der Waals surface area contributed by atoms with E-state index in [9.17, 15) is 4.79 Å². The Morgan fingerprint density at radius 2 is 2.15 bits per heavy atom. The number of rotatable bonds is 5. The Hall–Kier alpha value is -2.50. The molecule has 4 N–H and O–H groups in total. The van der Waals surface area contributed by atoms with Gasteiger partial charge in [0, 0.05) is 30.6 Å². The van der Waals surface area contributed by atoms with Gasteiger partial charge in [0.1, 0.15) is 0 Å². The molecule has 1 aromatic heterocycles. The van der Waals surface area contributed by atoms with Gasteiger partial charge in [-0.2, -0.15) is 0 Å². The molecule has 1 aromatic carbocycles. The fraction of sp³-hybridized carbons (Fsp3) is 0.286. The molecule has 0 radical (unpaired) electrons. The third-order valence-corrected chi connectivity index (χ3v) is 3.34. The number of carboxylic acids is 1. The molecule has 2 aromatic rings. The number of hydrogen-bond donors (Lipinski definition) is 3. The summed E-state index contributed by atoms with van der Waals surface area (Å²) < 4.78 is 1.96. The van der Waals surface area contributed by atoms with Crippen molar-refractivity contribution >= 4 is 22.7 Å². The number of fused-ring (bicyclic) bond motifs is 1. The number of aromatic nitrogens is 1. The summed E-state index contributed by atoms with van der Waals surface area (Å²) in [5, 5.41) is 21.5. The molecule has 0 unspecified atom stereocenters. The molecule has 0 aliphatic rings. The Balaban J connectivity index is 2.42. The van der Waals surface area contributed by atoms with E-state index < -0.39 is 5.97 Å². The molecule has 0 bridgehead atoms. The Morgan fingerprint density at radius 1 is 1.40 bits per heavy atom.